The lowest BCUT2D eigenvalue weighted by Crippen LogP contribution is -2.16. The lowest BCUT2D eigenvalue weighted by Gasteiger charge is -2.11. The van der Waals surface area contributed by atoms with Crippen molar-refractivity contribution in [3.63, 3.8) is 0 Å². The van der Waals surface area contributed by atoms with E-state index in [1.165, 1.54) is 12.4 Å². The summed E-state index contributed by atoms with van der Waals surface area (Å²) < 4.78 is 0. The Labute approximate surface area is 111 Å². The molecule has 3 N–H and O–H groups in total. The molecule has 6 nitrogen and oxygen atoms in total. The predicted molar refractivity (Wildman–Crippen MR) is 72.3 cm³/mol. The van der Waals surface area contributed by atoms with Gasteiger partial charge in [-0.25, -0.2) is 4.98 Å². The first-order valence-corrected chi connectivity index (χ1v) is 5.94. The Balaban J connectivity index is 1.93. The second kappa shape index (κ2) is 5.90. The molecule has 0 spiro atoms. The van der Waals surface area contributed by atoms with Crippen molar-refractivity contribution in [3.05, 3.63) is 42.2 Å². The van der Waals surface area contributed by atoms with Crippen LogP contribution in [0, 0.1) is 0 Å². The molecule has 98 valence electrons. The number of rotatable bonds is 4. The zero-order valence-corrected chi connectivity index (χ0v) is 10.6. The SMILES string of the molecule is CC(CC(=O)Nc1nccnn1)c1ccc(N)cc1. The topological polar surface area (TPSA) is 93.8 Å². The highest BCUT2D eigenvalue weighted by molar-refractivity contribution is 5.89. The van der Waals surface area contributed by atoms with Gasteiger partial charge in [0.25, 0.3) is 0 Å². The Kier molecular flexibility index (Phi) is 4.02. The number of amides is 1. The van der Waals surface area contributed by atoms with Crippen molar-refractivity contribution >= 4 is 17.5 Å². The molecule has 2 aromatic rings. The molecule has 0 aliphatic rings. The van der Waals surface area contributed by atoms with Crippen LogP contribution in [0.4, 0.5) is 11.6 Å². The summed E-state index contributed by atoms with van der Waals surface area (Å²) in [6.45, 7) is 1.98. The van der Waals surface area contributed by atoms with Gasteiger partial charge in [0.05, 0.1) is 12.4 Å². The quantitative estimate of drug-likeness (QED) is 0.811. The van der Waals surface area contributed by atoms with E-state index in [1.54, 1.807) is 0 Å². The largest absolute Gasteiger partial charge is 0.399 e. The van der Waals surface area contributed by atoms with E-state index in [2.05, 4.69) is 20.5 Å². The highest BCUT2D eigenvalue weighted by atomic mass is 16.1. The fraction of sp³-hybridized carbons (Fsp3) is 0.231. The van der Waals surface area contributed by atoms with Gasteiger partial charge in [0.2, 0.25) is 11.9 Å². The van der Waals surface area contributed by atoms with E-state index >= 15 is 0 Å². The summed E-state index contributed by atoms with van der Waals surface area (Å²) in [5.41, 5.74) is 7.41. The molecule has 0 radical (unpaired) electrons. The normalized spacial score (nSPS) is 11.8. The van der Waals surface area contributed by atoms with Crippen molar-refractivity contribution in [1.82, 2.24) is 15.2 Å². The second-order valence-corrected chi connectivity index (χ2v) is 4.29. The molecule has 2 rings (SSSR count). The molecule has 0 aliphatic heterocycles. The number of carbonyl (C=O) groups is 1. The smallest absolute Gasteiger partial charge is 0.249 e. The number of aromatic nitrogens is 3. The zero-order valence-electron chi connectivity index (χ0n) is 10.6. The minimum absolute atomic E-state index is 0.0947. The average Bonchev–Trinajstić information content (AvgIpc) is 2.40. The van der Waals surface area contributed by atoms with Gasteiger partial charge >= 0.3 is 0 Å². The zero-order chi connectivity index (χ0) is 13.7. The Morgan fingerprint density at radius 1 is 1.32 bits per heavy atom. The summed E-state index contributed by atoms with van der Waals surface area (Å²) in [5, 5.41) is 9.95. The van der Waals surface area contributed by atoms with Crippen LogP contribution >= 0.6 is 0 Å². The summed E-state index contributed by atoms with van der Waals surface area (Å²) in [6.07, 6.45) is 3.28. The number of nitrogens with one attached hydrogen (secondary N) is 1. The van der Waals surface area contributed by atoms with Crippen LogP contribution in [0.2, 0.25) is 0 Å². The summed E-state index contributed by atoms with van der Waals surface area (Å²) in [4.78, 5) is 15.7. The molecule has 0 bridgehead atoms. The van der Waals surface area contributed by atoms with Crippen molar-refractivity contribution in [2.45, 2.75) is 19.3 Å². The number of hydrogen-bond acceptors (Lipinski definition) is 5. The summed E-state index contributed by atoms with van der Waals surface area (Å²) >= 11 is 0. The van der Waals surface area contributed by atoms with Gasteiger partial charge < -0.3 is 5.73 Å². The maximum absolute atomic E-state index is 11.8. The number of anilines is 2. The standard InChI is InChI=1S/C13H15N5O/c1-9(10-2-4-11(14)5-3-10)8-12(19)17-13-15-6-7-16-18-13/h2-7,9H,8,14H2,1H3,(H,15,17,18,19). The Morgan fingerprint density at radius 2 is 2.05 bits per heavy atom. The van der Waals surface area contributed by atoms with Crippen molar-refractivity contribution in [1.29, 1.82) is 0 Å². The molecule has 1 amide bonds. The van der Waals surface area contributed by atoms with E-state index < -0.39 is 0 Å². The number of nitrogens with two attached hydrogens (primary N) is 1. The Morgan fingerprint density at radius 3 is 2.68 bits per heavy atom. The number of benzene rings is 1. The molecular weight excluding hydrogens is 242 g/mol. The second-order valence-electron chi connectivity index (χ2n) is 4.29. The molecule has 0 fully saturated rings. The predicted octanol–water partition coefficient (Wildman–Crippen LogP) is 1.59. The average molecular weight is 257 g/mol. The summed E-state index contributed by atoms with van der Waals surface area (Å²) in [5.74, 6) is 0.173. The fourth-order valence-electron chi connectivity index (χ4n) is 1.70. The molecule has 1 aromatic carbocycles. The van der Waals surface area contributed by atoms with Crippen LogP contribution in [0.5, 0.6) is 0 Å². The molecule has 1 atom stereocenters. The fourth-order valence-corrected chi connectivity index (χ4v) is 1.70. The maximum atomic E-state index is 11.8. The van der Waals surface area contributed by atoms with Gasteiger partial charge in [0, 0.05) is 12.1 Å². The molecule has 0 saturated heterocycles. The van der Waals surface area contributed by atoms with Crippen LogP contribution in [0.3, 0.4) is 0 Å². The van der Waals surface area contributed by atoms with E-state index in [9.17, 15) is 4.79 Å². The number of hydrogen-bond donors (Lipinski definition) is 2. The monoisotopic (exact) mass is 257 g/mol. The van der Waals surface area contributed by atoms with Crippen LogP contribution in [0.1, 0.15) is 24.8 Å². The third-order valence-electron chi connectivity index (χ3n) is 2.73. The molecular formula is C13H15N5O. The van der Waals surface area contributed by atoms with Gasteiger partial charge in [0.15, 0.2) is 0 Å². The first-order chi connectivity index (χ1) is 9.15. The minimum Gasteiger partial charge on any atom is -0.399 e. The van der Waals surface area contributed by atoms with Crippen molar-refractivity contribution in [2.75, 3.05) is 11.1 Å². The van der Waals surface area contributed by atoms with E-state index in [-0.39, 0.29) is 17.8 Å². The highest BCUT2D eigenvalue weighted by Crippen LogP contribution is 2.20. The van der Waals surface area contributed by atoms with E-state index in [1.807, 2.05) is 31.2 Å². The lowest BCUT2D eigenvalue weighted by molar-refractivity contribution is -0.116. The number of nitrogen functional groups attached to an aromatic ring is 1. The van der Waals surface area contributed by atoms with Gasteiger partial charge in [-0.1, -0.05) is 19.1 Å². The van der Waals surface area contributed by atoms with Gasteiger partial charge in [-0.05, 0) is 23.6 Å². The third kappa shape index (κ3) is 3.74. The summed E-state index contributed by atoms with van der Waals surface area (Å²) in [7, 11) is 0. The van der Waals surface area contributed by atoms with Crippen molar-refractivity contribution < 1.29 is 4.79 Å². The van der Waals surface area contributed by atoms with Gasteiger partial charge in [-0.3, -0.25) is 10.1 Å². The Hall–Kier alpha value is -2.50. The van der Waals surface area contributed by atoms with Crippen LogP contribution < -0.4 is 11.1 Å². The molecule has 1 aromatic heterocycles. The van der Waals surface area contributed by atoms with Crippen molar-refractivity contribution in [3.8, 4) is 0 Å². The molecule has 0 saturated carbocycles. The number of nitrogens with zero attached hydrogens (tertiary/aromatic N) is 3. The maximum Gasteiger partial charge on any atom is 0.249 e. The molecule has 0 aliphatic carbocycles. The van der Waals surface area contributed by atoms with Gasteiger partial charge in [-0.2, -0.15) is 5.10 Å². The van der Waals surface area contributed by atoms with Crippen molar-refractivity contribution in [2.24, 2.45) is 0 Å². The first-order valence-electron chi connectivity index (χ1n) is 5.94. The molecule has 1 unspecified atom stereocenters. The summed E-state index contributed by atoms with van der Waals surface area (Å²) in [6, 6.07) is 7.50. The van der Waals surface area contributed by atoms with Crippen LogP contribution in [0.15, 0.2) is 36.7 Å². The van der Waals surface area contributed by atoms with Crippen LogP contribution in [0.25, 0.3) is 0 Å². The first kappa shape index (κ1) is 12.9. The lowest BCUT2D eigenvalue weighted by atomic mass is 9.97. The third-order valence-corrected chi connectivity index (χ3v) is 2.73. The van der Waals surface area contributed by atoms with Gasteiger partial charge in [-0.15, -0.1) is 5.10 Å². The molecule has 19 heavy (non-hydrogen) atoms. The van der Waals surface area contributed by atoms with E-state index in [0.717, 1.165) is 5.56 Å². The van der Waals surface area contributed by atoms with Crippen LogP contribution in [-0.4, -0.2) is 21.1 Å². The minimum atomic E-state index is -0.141. The van der Waals surface area contributed by atoms with Gasteiger partial charge in [0.1, 0.15) is 0 Å². The van der Waals surface area contributed by atoms with E-state index in [0.29, 0.717) is 12.1 Å². The molecule has 6 heteroatoms. The van der Waals surface area contributed by atoms with Crippen LogP contribution in [-0.2, 0) is 4.79 Å². The van der Waals surface area contributed by atoms with E-state index in [4.69, 9.17) is 5.73 Å². The molecule has 1 heterocycles. The Bertz CT molecular complexity index is 541. The number of carbonyl (C=O) groups excluding carboxylic acids is 1. The highest BCUT2D eigenvalue weighted by Gasteiger charge is 2.12.